The number of thiophene rings is 1. The van der Waals surface area contributed by atoms with Crippen LogP contribution in [-0.2, 0) is 6.42 Å². The van der Waals surface area contributed by atoms with Crippen LogP contribution in [0.25, 0.3) is 10.2 Å². The largest absolute Gasteiger partial charge is 0.383 e. The van der Waals surface area contributed by atoms with Crippen molar-refractivity contribution < 1.29 is 0 Å². The molecule has 1 aliphatic carbocycles. The van der Waals surface area contributed by atoms with E-state index < -0.39 is 0 Å². The van der Waals surface area contributed by atoms with Gasteiger partial charge in [0.25, 0.3) is 0 Å². The lowest BCUT2D eigenvalue weighted by molar-refractivity contribution is 0.336. The van der Waals surface area contributed by atoms with Crippen molar-refractivity contribution in [2.24, 2.45) is 5.92 Å². The molecule has 0 aliphatic heterocycles. The number of hydrogen-bond acceptors (Lipinski definition) is 4. The summed E-state index contributed by atoms with van der Waals surface area (Å²) in [6.07, 6.45) is 6.08. The van der Waals surface area contributed by atoms with E-state index in [-0.39, 0.29) is 0 Å². The summed E-state index contributed by atoms with van der Waals surface area (Å²) in [5.41, 5.74) is 6.12. The van der Waals surface area contributed by atoms with Crippen LogP contribution in [0, 0.1) is 5.92 Å². The molecule has 0 amide bonds. The van der Waals surface area contributed by atoms with E-state index in [2.05, 4.69) is 24.9 Å². The highest BCUT2D eigenvalue weighted by atomic mass is 32.1. The fourth-order valence-corrected chi connectivity index (χ4v) is 4.02. The van der Waals surface area contributed by atoms with E-state index in [0.717, 1.165) is 28.4 Å². The van der Waals surface area contributed by atoms with Crippen molar-refractivity contribution in [3.63, 3.8) is 0 Å². The Kier molecular flexibility index (Phi) is 3.44. The average molecular weight is 275 g/mol. The molecule has 1 fully saturated rings. The maximum absolute atomic E-state index is 6.12. The van der Waals surface area contributed by atoms with E-state index in [1.807, 2.05) is 0 Å². The molecular formula is C15H21N3S. The van der Waals surface area contributed by atoms with Crippen molar-refractivity contribution in [2.75, 3.05) is 5.73 Å². The molecule has 2 aromatic heterocycles. The van der Waals surface area contributed by atoms with Gasteiger partial charge in [0, 0.05) is 10.8 Å². The van der Waals surface area contributed by atoms with E-state index in [0.29, 0.717) is 11.7 Å². The molecule has 2 N–H and O–H groups in total. The summed E-state index contributed by atoms with van der Waals surface area (Å²) in [6, 6.07) is 2.14. The number of hydrogen-bond donors (Lipinski definition) is 1. The van der Waals surface area contributed by atoms with Gasteiger partial charge in [-0.15, -0.1) is 11.3 Å². The smallest absolute Gasteiger partial charge is 0.135 e. The zero-order valence-electron chi connectivity index (χ0n) is 11.6. The van der Waals surface area contributed by atoms with Gasteiger partial charge in [0.1, 0.15) is 16.5 Å². The maximum Gasteiger partial charge on any atom is 0.135 e. The van der Waals surface area contributed by atoms with Crippen LogP contribution in [0.3, 0.4) is 0 Å². The van der Waals surface area contributed by atoms with Crippen LogP contribution in [0.5, 0.6) is 0 Å². The quantitative estimate of drug-likeness (QED) is 0.896. The number of aromatic nitrogens is 2. The Morgan fingerprint density at radius 2 is 2.21 bits per heavy atom. The summed E-state index contributed by atoms with van der Waals surface area (Å²) in [5.74, 6) is 2.92. The van der Waals surface area contributed by atoms with Crippen LogP contribution in [0.15, 0.2) is 6.07 Å². The second-order valence-electron chi connectivity index (χ2n) is 5.72. The normalized spacial score (nSPS) is 23.9. The highest BCUT2D eigenvalue weighted by Crippen LogP contribution is 2.36. The van der Waals surface area contributed by atoms with Gasteiger partial charge in [-0.1, -0.05) is 26.7 Å². The predicted octanol–water partition coefficient (Wildman–Crippen LogP) is 4.13. The van der Waals surface area contributed by atoms with Crippen LogP contribution in [0.4, 0.5) is 5.82 Å². The Labute approximate surface area is 118 Å². The first-order valence-electron chi connectivity index (χ1n) is 7.23. The van der Waals surface area contributed by atoms with Crippen molar-refractivity contribution >= 4 is 27.4 Å². The topological polar surface area (TPSA) is 51.8 Å². The molecule has 0 saturated heterocycles. The molecular weight excluding hydrogens is 254 g/mol. The number of anilines is 1. The summed E-state index contributed by atoms with van der Waals surface area (Å²) < 4.78 is 0. The first kappa shape index (κ1) is 12.9. The fourth-order valence-electron chi connectivity index (χ4n) is 3.04. The summed E-state index contributed by atoms with van der Waals surface area (Å²) in [6.45, 7) is 4.49. The predicted molar refractivity (Wildman–Crippen MR) is 81.6 cm³/mol. The molecule has 4 heteroatoms. The van der Waals surface area contributed by atoms with Gasteiger partial charge in [-0.25, -0.2) is 9.97 Å². The van der Waals surface area contributed by atoms with Crippen molar-refractivity contribution in [2.45, 2.75) is 51.9 Å². The summed E-state index contributed by atoms with van der Waals surface area (Å²) in [5, 5.41) is 1.04. The van der Waals surface area contributed by atoms with Gasteiger partial charge in [-0.2, -0.15) is 0 Å². The Bertz CT molecular complexity index is 590. The lowest BCUT2D eigenvalue weighted by atomic mass is 9.82. The minimum atomic E-state index is 0.502. The second-order valence-corrected chi connectivity index (χ2v) is 6.84. The van der Waals surface area contributed by atoms with E-state index >= 15 is 0 Å². The number of aryl methyl sites for hydroxylation is 1. The number of nitrogens with zero attached hydrogens (tertiary/aromatic N) is 2. The minimum absolute atomic E-state index is 0.502. The first-order chi connectivity index (χ1) is 9.17. The van der Waals surface area contributed by atoms with Gasteiger partial charge in [0.05, 0.1) is 5.39 Å². The summed E-state index contributed by atoms with van der Waals surface area (Å²) in [7, 11) is 0. The van der Waals surface area contributed by atoms with Crippen LogP contribution in [0.1, 0.15) is 56.2 Å². The molecule has 0 radical (unpaired) electrons. The molecule has 0 aromatic carbocycles. The Balaban J connectivity index is 1.99. The fraction of sp³-hybridized carbons (Fsp3) is 0.600. The molecule has 2 heterocycles. The molecule has 2 unspecified atom stereocenters. The van der Waals surface area contributed by atoms with Gasteiger partial charge in [-0.3, -0.25) is 0 Å². The molecule has 2 atom stereocenters. The number of nitrogens with two attached hydrogens (primary N) is 1. The van der Waals surface area contributed by atoms with Crippen LogP contribution < -0.4 is 5.73 Å². The molecule has 3 nitrogen and oxygen atoms in total. The van der Waals surface area contributed by atoms with Crippen molar-refractivity contribution in [1.82, 2.24) is 9.97 Å². The lowest BCUT2D eigenvalue weighted by Gasteiger charge is -2.25. The van der Waals surface area contributed by atoms with Crippen molar-refractivity contribution in [3.8, 4) is 0 Å². The van der Waals surface area contributed by atoms with E-state index in [4.69, 9.17) is 10.7 Å². The molecule has 0 bridgehead atoms. The number of rotatable bonds is 2. The summed E-state index contributed by atoms with van der Waals surface area (Å²) in [4.78, 5) is 11.8. The van der Waals surface area contributed by atoms with Crippen LogP contribution >= 0.6 is 11.3 Å². The third-order valence-corrected chi connectivity index (χ3v) is 5.31. The molecule has 0 spiro atoms. The zero-order valence-corrected chi connectivity index (χ0v) is 12.5. The third kappa shape index (κ3) is 2.46. The molecule has 1 aliphatic rings. The Morgan fingerprint density at radius 3 is 2.95 bits per heavy atom. The molecule has 3 rings (SSSR count). The first-order valence-corrected chi connectivity index (χ1v) is 8.04. The van der Waals surface area contributed by atoms with Gasteiger partial charge in [-0.05, 0) is 31.2 Å². The van der Waals surface area contributed by atoms with Gasteiger partial charge in [0.15, 0.2) is 0 Å². The Morgan fingerprint density at radius 1 is 1.37 bits per heavy atom. The molecule has 2 aromatic rings. The standard InChI is InChI=1S/C15H21N3S/c1-3-11-8-12-13(16)17-14(18-15(12)19-11)10-6-4-5-9(2)7-10/h8-10H,3-7H2,1-2H3,(H2,16,17,18). The van der Waals surface area contributed by atoms with E-state index in [1.165, 1.54) is 30.6 Å². The number of fused-ring (bicyclic) bond motifs is 1. The average Bonchev–Trinajstić information content (AvgIpc) is 2.82. The van der Waals surface area contributed by atoms with Crippen molar-refractivity contribution in [1.29, 1.82) is 0 Å². The van der Waals surface area contributed by atoms with Crippen molar-refractivity contribution in [3.05, 3.63) is 16.8 Å². The molecule has 102 valence electrons. The van der Waals surface area contributed by atoms with E-state index in [9.17, 15) is 0 Å². The van der Waals surface area contributed by atoms with Gasteiger partial charge >= 0.3 is 0 Å². The maximum atomic E-state index is 6.12. The van der Waals surface area contributed by atoms with Gasteiger partial charge < -0.3 is 5.73 Å². The highest BCUT2D eigenvalue weighted by molar-refractivity contribution is 7.18. The van der Waals surface area contributed by atoms with Gasteiger partial charge in [0.2, 0.25) is 0 Å². The lowest BCUT2D eigenvalue weighted by Crippen LogP contribution is -2.14. The zero-order chi connectivity index (χ0) is 13.4. The monoisotopic (exact) mass is 275 g/mol. The SMILES string of the molecule is CCc1cc2c(N)nc(C3CCCC(C)C3)nc2s1. The molecule has 19 heavy (non-hydrogen) atoms. The summed E-state index contributed by atoms with van der Waals surface area (Å²) >= 11 is 1.76. The van der Waals surface area contributed by atoms with E-state index in [1.54, 1.807) is 11.3 Å². The minimum Gasteiger partial charge on any atom is -0.383 e. The highest BCUT2D eigenvalue weighted by Gasteiger charge is 2.23. The number of nitrogen functional groups attached to an aromatic ring is 1. The second kappa shape index (κ2) is 5.08. The molecule has 1 saturated carbocycles. The van der Waals surface area contributed by atoms with Crippen LogP contribution in [-0.4, -0.2) is 9.97 Å². The Hall–Kier alpha value is -1.16. The van der Waals surface area contributed by atoms with Crippen LogP contribution in [0.2, 0.25) is 0 Å². The third-order valence-electron chi connectivity index (χ3n) is 4.14.